The minimum atomic E-state index is -0.0553. The van der Waals surface area contributed by atoms with Crippen molar-refractivity contribution in [2.75, 3.05) is 39.4 Å². The number of nitrogens with zero attached hydrogens (tertiary/aromatic N) is 4. The number of aromatic nitrogens is 3. The van der Waals surface area contributed by atoms with Gasteiger partial charge < -0.3 is 19.1 Å². The quantitative estimate of drug-likeness (QED) is 0.877. The summed E-state index contributed by atoms with van der Waals surface area (Å²) in [6.07, 6.45) is 3.36. The summed E-state index contributed by atoms with van der Waals surface area (Å²) < 4.78 is 7.28. The molecule has 1 N–H and O–H groups in total. The SMILES string of the molecule is Cn1cccc1-c1cc(C(=O)N2CCC(C(=O)N3CCOCC3)CC2)[nH]n1. The van der Waals surface area contributed by atoms with Crippen molar-refractivity contribution in [2.45, 2.75) is 12.8 Å². The van der Waals surface area contributed by atoms with Crippen molar-refractivity contribution in [3.63, 3.8) is 0 Å². The molecule has 8 nitrogen and oxygen atoms in total. The molecule has 0 bridgehead atoms. The van der Waals surface area contributed by atoms with Crippen LogP contribution in [0.5, 0.6) is 0 Å². The number of likely N-dealkylation sites (tertiary alicyclic amines) is 1. The summed E-state index contributed by atoms with van der Waals surface area (Å²) in [5, 5.41) is 7.13. The monoisotopic (exact) mass is 371 g/mol. The van der Waals surface area contributed by atoms with Crippen LogP contribution in [0.25, 0.3) is 11.4 Å². The van der Waals surface area contributed by atoms with Crippen LogP contribution in [-0.4, -0.2) is 75.8 Å². The number of aryl methyl sites for hydroxylation is 1. The highest BCUT2D eigenvalue weighted by Crippen LogP contribution is 2.23. The van der Waals surface area contributed by atoms with Crippen molar-refractivity contribution in [1.29, 1.82) is 0 Å². The number of amides is 2. The lowest BCUT2D eigenvalue weighted by molar-refractivity contribution is -0.141. The number of hydrogen-bond acceptors (Lipinski definition) is 4. The minimum absolute atomic E-state index is 0.00726. The Hall–Kier alpha value is -2.61. The molecular weight excluding hydrogens is 346 g/mol. The number of nitrogens with one attached hydrogen (secondary N) is 1. The lowest BCUT2D eigenvalue weighted by Gasteiger charge is -2.35. The van der Waals surface area contributed by atoms with Gasteiger partial charge in [-0.2, -0.15) is 5.10 Å². The van der Waals surface area contributed by atoms with Crippen LogP contribution in [0.15, 0.2) is 24.4 Å². The van der Waals surface area contributed by atoms with Gasteiger partial charge in [0.1, 0.15) is 11.4 Å². The van der Waals surface area contributed by atoms with Gasteiger partial charge in [-0.1, -0.05) is 0 Å². The molecule has 2 amide bonds. The third kappa shape index (κ3) is 3.62. The molecule has 2 aromatic heterocycles. The maximum atomic E-state index is 12.8. The fourth-order valence-electron chi connectivity index (χ4n) is 3.83. The fraction of sp³-hybridized carbons (Fsp3) is 0.526. The van der Waals surface area contributed by atoms with Gasteiger partial charge in [0.2, 0.25) is 5.91 Å². The molecule has 2 saturated heterocycles. The third-order valence-electron chi connectivity index (χ3n) is 5.47. The van der Waals surface area contributed by atoms with Crippen LogP contribution in [0.1, 0.15) is 23.3 Å². The number of carbonyl (C=O) groups excluding carboxylic acids is 2. The maximum absolute atomic E-state index is 12.8. The first-order valence-electron chi connectivity index (χ1n) is 9.46. The number of aromatic amines is 1. The summed E-state index contributed by atoms with van der Waals surface area (Å²) >= 11 is 0. The number of rotatable bonds is 3. The molecule has 144 valence electrons. The van der Waals surface area contributed by atoms with E-state index in [1.807, 2.05) is 39.7 Å². The topological polar surface area (TPSA) is 83.5 Å². The smallest absolute Gasteiger partial charge is 0.271 e. The molecule has 0 aromatic carbocycles. The van der Waals surface area contributed by atoms with Crippen LogP contribution in [0.4, 0.5) is 0 Å². The number of morpholine rings is 1. The zero-order chi connectivity index (χ0) is 18.8. The van der Waals surface area contributed by atoms with Crippen molar-refractivity contribution in [1.82, 2.24) is 24.6 Å². The van der Waals surface area contributed by atoms with Gasteiger partial charge in [-0.25, -0.2) is 0 Å². The Bertz CT molecular complexity index is 813. The van der Waals surface area contributed by atoms with Crippen molar-refractivity contribution in [3.05, 3.63) is 30.1 Å². The second kappa shape index (κ2) is 7.56. The average Bonchev–Trinajstić information content (AvgIpc) is 3.36. The summed E-state index contributed by atoms with van der Waals surface area (Å²) in [4.78, 5) is 29.1. The first-order valence-corrected chi connectivity index (χ1v) is 9.46. The van der Waals surface area contributed by atoms with E-state index in [0.717, 1.165) is 11.4 Å². The summed E-state index contributed by atoms with van der Waals surface area (Å²) in [5.41, 5.74) is 2.20. The Labute approximate surface area is 158 Å². The van der Waals surface area contributed by atoms with Crippen molar-refractivity contribution in [2.24, 2.45) is 13.0 Å². The van der Waals surface area contributed by atoms with Crippen molar-refractivity contribution >= 4 is 11.8 Å². The highest BCUT2D eigenvalue weighted by Gasteiger charge is 2.31. The molecule has 0 unspecified atom stereocenters. The molecule has 0 spiro atoms. The normalized spacial score (nSPS) is 18.7. The maximum Gasteiger partial charge on any atom is 0.271 e. The summed E-state index contributed by atoms with van der Waals surface area (Å²) in [7, 11) is 1.95. The molecule has 0 saturated carbocycles. The Balaban J connectivity index is 1.35. The first kappa shape index (κ1) is 17.8. The zero-order valence-electron chi connectivity index (χ0n) is 15.6. The predicted molar refractivity (Wildman–Crippen MR) is 99.0 cm³/mol. The Morgan fingerprint density at radius 2 is 1.89 bits per heavy atom. The van der Waals surface area contributed by atoms with Gasteiger partial charge in [-0.3, -0.25) is 14.7 Å². The van der Waals surface area contributed by atoms with E-state index in [-0.39, 0.29) is 17.7 Å². The molecule has 0 atom stereocenters. The summed E-state index contributed by atoms with van der Waals surface area (Å²) in [5.74, 6) is 0.158. The van der Waals surface area contributed by atoms with E-state index in [1.165, 1.54) is 0 Å². The third-order valence-corrected chi connectivity index (χ3v) is 5.47. The van der Waals surface area contributed by atoms with E-state index in [0.29, 0.717) is 57.9 Å². The number of ether oxygens (including phenoxy) is 1. The standard InChI is InChI=1S/C19H25N5O3/c1-22-6-2-3-17(22)15-13-16(21-20-15)19(26)23-7-4-14(5-8-23)18(25)24-9-11-27-12-10-24/h2-3,6,13-14H,4-5,7-12H2,1H3,(H,20,21). The molecule has 4 rings (SSSR count). The molecule has 4 heterocycles. The second-order valence-corrected chi connectivity index (χ2v) is 7.18. The van der Waals surface area contributed by atoms with E-state index in [2.05, 4.69) is 10.2 Å². The van der Waals surface area contributed by atoms with E-state index in [1.54, 1.807) is 6.07 Å². The van der Waals surface area contributed by atoms with Gasteiger partial charge in [-0.05, 0) is 31.0 Å². The number of carbonyl (C=O) groups is 2. The molecule has 8 heteroatoms. The van der Waals surface area contributed by atoms with Gasteiger partial charge in [-0.15, -0.1) is 0 Å². The van der Waals surface area contributed by atoms with Crippen molar-refractivity contribution in [3.8, 4) is 11.4 Å². The summed E-state index contributed by atoms with van der Waals surface area (Å²) in [6, 6.07) is 5.71. The van der Waals surface area contributed by atoms with E-state index < -0.39 is 0 Å². The highest BCUT2D eigenvalue weighted by atomic mass is 16.5. The Kier molecular flexibility index (Phi) is 4.98. The van der Waals surface area contributed by atoms with Gasteiger partial charge >= 0.3 is 0 Å². The van der Waals surface area contributed by atoms with Crippen LogP contribution in [0.2, 0.25) is 0 Å². The second-order valence-electron chi connectivity index (χ2n) is 7.18. The molecule has 2 aliphatic rings. The zero-order valence-corrected chi connectivity index (χ0v) is 15.6. The molecule has 0 radical (unpaired) electrons. The largest absolute Gasteiger partial charge is 0.378 e. The minimum Gasteiger partial charge on any atom is -0.378 e. The first-order chi connectivity index (χ1) is 13.1. The van der Waals surface area contributed by atoms with Crippen LogP contribution in [-0.2, 0) is 16.6 Å². The molecule has 2 fully saturated rings. The molecule has 2 aromatic rings. The fourth-order valence-corrected chi connectivity index (χ4v) is 3.83. The highest BCUT2D eigenvalue weighted by molar-refractivity contribution is 5.93. The Morgan fingerprint density at radius 1 is 1.15 bits per heavy atom. The van der Waals surface area contributed by atoms with Gasteiger partial charge in [0.15, 0.2) is 0 Å². The Morgan fingerprint density at radius 3 is 2.56 bits per heavy atom. The van der Waals surface area contributed by atoms with Crippen LogP contribution < -0.4 is 0 Å². The van der Waals surface area contributed by atoms with E-state index in [4.69, 9.17) is 4.74 Å². The average molecular weight is 371 g/mol. The number of hydrogen-bond donors (Lipinski definition) is 1. The van der Waals surface area contributed by atoms with Gasteiger partial charge in [0.05, 0.1) is 18.9 Å². The van der Waals surface area contributed by atoms with Crippen molar-refractivity contribution < 1.29 is 14.3 Å². The molecule has 0 aliphatic carbocycles. The van der Waals surface area contributed by atoms with Crippen LogP contribution >= 0.6 is 0 Å². The van der Waals surface area contributed by atoms with E-state index in [9.17, 15) is 9.59 Å². The molecule has 27 heavy (non-hydrogen) atoms. The van der Waals surface area contributed by atoms with Gasteiger partial charge in [0, 0.05) is 45.3 Å². The lowest BCUT2D eigenvalue weighted by Crippen LogP contribution is -2.47. The van der Waals surface area contributed by atoms with Crippen LogP contribution in [0, 0.1) is 5.92 Å². The number of piperidine rings is 1. The summed E-state index contributed by atoms with van der Waals surface area (Å²) in [6.45, 7) is 3.77. The number of H-pyrrole nitrogens is 1. The molecular formula is C19H25N5O3. The molecule has 2 aliphatic heterocycles. The lowest BCUT2D eigenvalue weighted by atomic mass is 9.95. The predicted octanol–water partition coefficient (Wildman–Crippen LogP) is 1.13. The van der Waals surface area contributed by atoms with Crippen LogP contribution in [0.3, 0.4) is 0 Å². The van der Waals surface area contributed by atoms with Gasteiger partial charge in [0.25, 0.3) is 5.91 Å². The van der Waals surface area contributed by atoms with E-state index >= 15 is 0 Å².